The van der Waals surface area contributed by atoms with Crippen molar-refractivity contribution in [2.75, 3.05) is 17.2 Å². The number of carbonyl (C=O) groups excluding carboxylic acids is 2. The van der Waals surface area contributed by atoms with Gasteiger partial charge in [0.25, 0.3) is 5.91 Å². The number of nitrogens with one attached hydrogen (secondary N) is 2. The third-order valence-corrected chi connectivity index (χ3v) is 2.85. The highest BCUT2D eigenvalue weighted by molar-refractivity contribution is 6.04. The van der Waals surface area contributed by atoms with Crippen molar-refractivity contribution in [1.29, 1.82) is 0 Å². The average molecular weight is 298 g/mol. The molecule has 0 atom stereocenters. The van der Waals surface area contributed by atoms with Crippen LogP contribution in [0.1, 0.15) is 24.2 Å². The third kappa shape index (κ3) is 4.34. The van der Waals surface area contributed by atoms with Crippen molar-refractivity contribution < 1.29 is 14.3 Å². The van der Waals surface area contributed by atoms with Gasteiger partial charge < -0.3 is 15.4 Å². The van der Waals surface area contributed by atoms with Crippen molar-refractivity contribution in [2.45, 2.75) is 13.8 Å². The van der Waals surface area contributed by atoms with Gasteiger partial charge in [-0.15, -0.1) is 0 Å². The lowest BCUT2D eigenvalue weighted by atomic mass is 10.2. The predicted molar refractivity (Wildman–Crippen MR) is 86.3 cm³/mol. The summed E-state index contributed by atoms with van der Waals surface area (Å²) in [6, 6.07) is 14.0. The number of ether oxygens (including phenoxy) is 1. The van der Waals surface area contributed by atoms with Crippen molar-refractivity contribution in [2.24, 2.45) is 0 Å². The molecule has 0 aliphatic heterocycles. The highest BCUT2D eigenvalue weighted by Gasteiger charge is 2.08. The minimum absolute atomic E-state index is 0.159. The van der Waals surface area contributed by atoms with Crippen LogP contribution in [0.5, 0.6) is 5.75 Å². The third-order valence-electron chi connectivity index (χ3n) is 2.85. The smallest absolute Gasteiger partial charge is 0.255 e. The number of carbonyl (C=O) groups is 2. The van der Waals surface area contributed by atoms with Crippen molar-refractivity contribution >= 4 is 23.2 Å². The Bertz CT molecular complexity index is 683. The van der Waals surface area contributed by atoms with E-state index in [4.69, 9.17) is 4.74 Å². The molecule has 22 heavy (non-hydrogen) atoms. The molecule has 0 fully saturated rings. The Morgan fingerprint density at radius 2 is 1.68 bits per heavy atom. The van der Waals surface area contributed by atoms with Crippen LogP contribution in [-0.4, -0.2) is 18.4 Å². The van der Waals surface area contributed by atoms with E-state index in [1.54, 1.807) is 48.5 Å². The van der Waals surface area contributed by atoms with Crippen LogP contribution in [0.25, 0.3) is 0 Å². The largest absolute Gasteiger partial charge is 0.494 e. The van der Waals surface area contributed by atoms with Gasteiger partial charge in [-0.3, -0.25) is 9.59 Å². The molecule has 0 saturated carbocycles. The van der Waals surface area contributed by atoms with Crippen LogP contribution in [0.3, 0.4) is 0 Å². The normalized spacial score (nSPS) is 9.91. The average Bonchev–Trinajstić information content (AvgIpc) is 2.47. The lowest BCUT2D eigenvalue weighted by Crippen LogP contribution is -2.12. The summed E-state index contributed by atoms with van der Waals surface area (Å²) in [6.45, 7) is 3.87. The molecule has 2 aromatic carbocycles. The van der Waals surface area contributed by atoms with Gasteiger partial charge in [0.05, 0.1) is 6.61 Å². The maximum atomic E-state index is 12.3. The number of benzene rings is 2. The topological polar surface area (TPSA) is 67.4 Å². The fourth-order valence-electron chi connectivity index (χ4n) is 1.98. The Kier molecular flexibility index (Phi) is 5.14. The zero-order valence-electron chi connectivity index (χ0n) is 12.6. The van der Waals surface area contributed by atoms with E-state index in [0.29, 0.717) is 29.3 Å². The highest BCUT2D eigenvalue weighted by atomic mass is 16.5. The quantitative estimate of drug-likeness (QED) is 0.890. The van der Waals surface area contributed by atoms with Crippen molar-refractivity contribution in [3.8, 4) is 5.75 Å². The Morgan fingerprint density at radius 3 is 2.36 bits per heavy atom. The second-order valence-corrected chi connectivity index (χ2v) is 4.68. The van der Waals surface area contributed by atoms with Gasteiger partial charge >= 0.3 is 0 Å². The zero-order chi connectivity index (χ0) is 15.9. The molecule has 0 unspecified atom stereocenters. The van der Waals surface area contributed by atoms with E-state index >= 15 is 0 Å². The van der Waals surface area contributed by atoms with Gasteiger partial charge in [-0.25, -0.2) is 0 Å². The zero-order valence-corrected chi connectivity index (χ0v) is 12.6. The molecule has 0 spiro atoms. The number of anilines is 2. The first-order valence-electron chi connectivity index (χ1n) is 7.00. The van der Waals surface area contributed by atoms with E-state index in [0.717, 1.165) is 0 Å². The minimum Gasteiger partial charge on any atom is -0.494 e. The standard InChI is InChI=1S/C17H18N2O3/c1-3-22-16-9-4-6-13(10-16)17(21)19-15-8-5-7-14(11-15)18-12(2)20/h4-11H,3H2,1-2H3,(H,18,20)(H,19,21). The summed E-state index contributed by atoms with van der Waals surface area (Å²) in [4.78, 5) is 23.3. The van der Waals surface area contributed by atoms with Gasteiger partial charge in [0.1, 0.15) is 5.75 Å². The predicted octanol–water partition coefficient (Wildman–Crippen LogP) is 3.30. The summed E-state index contributed by atoms with van der Waals surface area (Å²) in [7, 11) is 0. The molecular formula is C17H18N2O3. The Balaban J connectivity index is 2.11. The second kappa shape index (κ2) is 7.26. The summed E-state index contributed by atoms with van der Waals surface area (Å²) in [5, 5.41) is 5.47. The molecule has 114 valence electrons. The number of rotatable bonds is 5. The van der Waals surface area contributed by atoms with Crippen molar-refractivity contribution in [1.82, 2.24) is 0 Å². The Morgan fingerprint density at radius 1 is 1.00 bits per heavy atom. The molecule has 2 amide bonds. The molecule has 0 bridgehead atoms. The summed E-state index contributed by atoms with van der Waals surface area (Å²) in [5.74, 6) is 0.261. The van der Waals surface area contributed by atoms with E-state index in [9.17, 15) is 9.59 Å². The Hall–Kier alpha value is -2.82. The van der Waals surface area contributed by atoms with Crippen LogP contribution < -0.4 is 15.4 Å². The maximum Gasteiger partial charge on any atom is 0.255 e. The summed E-state index contributed by atoms with van der Waals surface area (Å²) in [5.41, 5.74) is 1.75. The van der Waals surface area contributed by atoms with Crippen LogP contribution in [0.2, 0.25) is 0 Å². The Labute approximate surface area is 129 Å². The van der Waals surface area contributed by atoms with Gasteiger partial charge in [0.15, 0.2) is 0 Å². The first kappa shape index (κ1) is 15.6. The van der Waals surface area contributed by atoms with Gasteiger partial charge in [-0.1, -0.05) is 12.1 Å². The van der Waals surface area contributed by atoms with Crippen molar-refractivity contribution in [3.63, 3.8) is 0 Å². The molecule has 0 aromatic heterocycles. The van der Waals surface area contributed by atoms with Crippen LogP contribution >= 0.6 is 0 Å². The summed E-state index contributed by atoms with van der Waals surface area (Å²) in [6.07, 6.45) is 0. The summed E-state index contributed by atoms with van der Waals surface area (Å²) >= 11 is 0. The lowest BCUT2D eigenvalue weighted by molar-refractivity contribution is -0.114. The van der Waals surface area contributed by atoms with E-state index in [2.05, 4.69) is 10.6 Å². The maximum absolute atomic E-state index is 12.3. The first-order valence-corrected chi connectivity index (χ1v) is 7.00. The lowest BCUT2D eigenvalue weighted by Gasteiger charge is -2.09. The SMILES string of the molecule is CCOc1cccc(C(=O)Nc2cccc(NC(C)=O)c2)c1. The second-order valence-electron chi connectivity index (χ2n) is 4.68. The minimum atomic E-state index is -0.235. The fraction of sp³-hybridized carbons (Fsp3) is 0.176. The molecule has 0 saturated heterocycles. The summed E-state index contributed by atoms with van der Waals surface area (Å²) < 4.78 is 5.38. The number of hydrogen-bond acceptors (Lipinski definition) is 3. The molecule has 2 rings (SSSR count). The van der Waals surface area contributed by atoms with Crippen LogP contribution in [0.4, 0.5) is 11.4 Å². The highest BCUT2D eigenvalue weighted by Crippen LogP contribution is 2.18. The van der Waals surface area contributed by atoms with Crippen LogP contribution in [-0.2, 0) is 4.79 Å². The molecule has 0 heterocycles. The van der Waals surface area contributed by atoms with Gasteiger partial charge in [0.2, 0.25) is 5.91 Å². The van der Waals surface area contributed by atoms with E-state index in [1.807, 2.05) is 6.92 Å². The molecular weight excluding hydrogens is 280 g/mol. The van der Waals surface area contributed by atoms with Gasteiger partial charge in [-0.2, -0.15) is 0 Å². The molecule has 5 heteroatoms. The van der Waals surface area contributed by atoms with Crippen molar-refractivity contribution in [3.05, 3.63) is 54.1 Å². The molecule has 0 aliphatic carbocycles. The van der Waals surface area contributed by atoms with Gasteiger partial charge in [0, 0.05) is 23.9 Å². The van der Waals surface area contributed by atoms with Crippen LogP contribution in [0, 0.1) is 0 Å². The molecule has 0 aliphatic rings. The van der Waals surface area contributed by atoms with E-state index in [-0.39, 0.29) is 11.8 Å². The van der Waals surface area contributed by atoms with Gasteiger partial charge in [-0.05, 0) is 43.3 Å². The molecule has 2 aromatic rings. The first-order chi connectivity index (χ1) is 10.6. The molecule has 2 N–H and O–H groups in total. The number of hydrogen-bond donors (Lipinski definition) is 2. The molecule has 0 radical (unpaired) electrons. The fourth-order valence-corrected chi connectivity index (χ4v) is 1.98. The molecule has 5 nitrogen and oxygen atoms in total. The van der Waals surface area contributed by atoms with Crippen LogP contribution in [0.15, 0.2) is 48.5 Å². The van der Waals surface area contributed by atoms with E-state index in [1.165, 1.54) is 6.92 Å². The number of amides is 2. The monoisotopic (exact) mass is 298 g/mol. The van der Waals surface area contributed by atoms with E-state index < -0.39 is 0 Å².